The van der Waals surface area contributed by atoms with E-state index in [1.54, 1.807) is 6.92 Å². The summed E-state index contributed by atoms with van der Waals surface area (Å²) in [6, 6.07) is 0. The molecule has 4 heteroatoms. The third-order valence-electron chi connectivity index (χ3n) is 2.84. The van der Waals surface area contributed by atoms with Gasteiger partial charge in [-0.15, -0.1) is 0 Å². The summed E-state index contributed by atoms with van der Waals surface area (Å²) in [6.45, 7) is 12.1. The van der Waals surface area contributed by atoms with Crippen molar-refractivity contribution in [1.82, 2.24) is 0 Å². The number of hydrogen-bond donors (Lipinski definition) is 0. The van der Waals surface area contributed by atoms with Gasteiger partial charge in [-0.1, -0.05) is 13.5 Å². The molecule has 0 aliphatic carbocycles. The Bertz CT molecular complexity index is 248. The predicted molar refractivity (Wildman–Crippen MR) is 71.0 cm³/mol. The molecule has 0 amide bonds. The average Bonchev–Trinajstić information content (AvgIpc) is 2.33. The van der Waals surface area contributed by atoms with Gasteiger partial charge in [0.25, 0.3) is 0 Å². The second-order valence-electron chi connectivity index (χ2n) is 4.83. The zero-order valence-electron chi connectivity index (χ0n) is 12.0. The third-order valence-corrected chi connectivity index (χ3v) is 2.84. The van der Waals surface area contributed by atoms with Crippen LogP contribution in [0.2, 0.25) is 0 Å². The number of esters is 1. The molecule has 4 nitrogen and oxygen atoms in total. The fourth-order valence-corrected chi connectivity index (χ4v) is 1.11. The molecular formula is C14H26O4. The molecule has 0 aliphatic rings. The highest BCUT2D eigenvalue weighted by atomic mass is 16.7. The Morgan fingerprint density at radius 1 is 1.33 bits per heavy atom. The largest absolute Gasteiger partial charge is 0.502 e. The summed E-state index contributed by atoms with van der Waals surface area (Å²) in [5, 5.41) is 0. The van der Waals surface area contributed by atoms with Crippen molar-refractivity contribution in [2.75, 3.05) is 13.2 Å². The molecule has 0 fully saturated rings. The lowest BCUT2D eigenvalue weighted by Gasteiger charge is -2.23. The molecule has 0 aliphatic heterocycles. The van der Waals surface area contributed by atoms with Crippen molar-refractivity contribution in [3.8, 4) is 0 Å². The number of hydrogen-bond acceptors (Lipinski definition) is 4. The molecule has 0 N–H and O–H groups in total. The third kappa shape index (κ3) is 7.33. The Morgan fingerprint density at radius 3 is 2.50 bits per heavy atom. The Balaban J connectivity index is 3.68. The molecule has 0 saturated carbocycles. The highest BCUT2D eigenvalue weighted by Crippen LogP contribution is 2.22. The van der Waals surface area contributed by atoms with Crippen molar-refractivity contribution in [3.63, 3.8) is 0 Å². The maximum Gasteiger partial charge on any atom is 0.313 e. The zero-order chi connectivity index (χ0) is 14.0. The Hall–Kier alpha value is -1.03. The van der Waals surface area contributed by atoms with E-state index in [-0.39, 0.29) is 5.97 Å². The highest BCUT2D eigenvalue weighted by molar-refractivity contribution is 5.75. The van der Waals surface area contributed by atoms with Gasteiger partial charge in [-0.2, -0.15) is 0 Å². The van der Waals surface area contributed by atoms with Gasteiger partial charge in [-0.25, -0.2) is 0 Å². The topological polar surface area (TPSA) is 44.8 Å². The lowest BCUT2D eigenvalue weighted by atomic mass is 9.91. The Morgan fingerprint density at radius 2 is 1.94 bits per heavy atom. The number of ether oxygens (including phenoxy) is 3. The fraction of sp³-hybridized carbons (Fsp3) is 0.786. The standard InChI is InChI=1S/C14H26O4/c1-6-14(4,5)13(15)18-12(3)17-11-9-8-10-16-7-2/h7,12H,2,6,8-11H2,1,3-5H3. The molecule has 0 aromatic rings. The molecule has 0 bridgehead atoms. The number of unbranched alkanes of at least 4 members (excludes halogenated alkanes) is 1. The first-order chi connectivity index (χ1) is 8.44. The second-order valence-corrected chi connectivity index (χ2v) is 4.83. The van der Waals surface area contributed by atoms with E-state index >= 15 is 0 Å². The summed E-state index contributed by atoms with van der Waals surface area (Å²) in [7, 11) is 0. The van der Waals surface area contributed by atoms with Crippen LogP contribution in [0.4, 0.5) is 0 Å². The maximum atomic E-state index is 11.7. The van der Waals surface area contributed by atoms with Gasteiger partial charge in [0.05, 0.1) is 24.9 Å². The lowest BCUT2D eigenvalue weighted by molar-refractivity contribution is -0.185. The van der Waals surface area contributed by atoms with E-state index in [0.717, 1.165) is 19.3 Å². The normalized spacial score (nSPS) is 12.9. The van der Waals surface area contributed by atoms with E-state index in [0.29, 0.717) is 13.2 Å². The molecule has 0 aromatic carbocycles. The van der Waals surface area contributed by atoms with Crippen LogP contribution in [-0.2, 0) is 19.0 Å². The van der Waals surface area contributed by atoms with Gasteiger partial charge in [0.2, 0.25) is 0 Å². The summed E-state index contributed by atoms with van der Waals surface area (Å²) < 4.78 is 15.6. The van der Waals surface area contributed by atoms with Crippen molar-refractivity contribution in [3.05, 3.63) is 12.8 Å². The first-order valence-electron chi connectivity index (χ1n) is 6.49. The smallest absolute Gasteiger partial charge is 0.313 e. The van der Waals surface area contributed by atoms with Crippen LogP contribution < -0.4 is 0 Å². The van der Waals surface area contributed by atoms with Crippen molar-refractivity contribution in [2.45, 2.75) is 53.2 Å². The SMILES string of the molecule is C=COCCCCOC(C)OC(=O)C(C)(C)CC. The van der Waals surface area contributed by atoms with Crippen LogP contribution in [0.5, 0.6) is 0 Å². The van der Waals surface area contributed by atoms with E-state index < -0.39 is 11.7 Å². The van der Waals surface area contributed by atoms with E-state index in [4.69, 9.17) is 14.2 Å². The molecular weight excluding hydrogens is 232 g/mol. The summed E-state index contributed by atoms with van der Waals surface area (Å²) in [4.78, 5) is 11.7. The van der Waals surface area contributed by atoms with Crippen LogP contribution in [0.3, 0.4) is 0 Å². The summed E-state index contributed by atoms with van der Waals surface area (Å²) in [6.07, 6.45) is 3.44. The van der Waals surface area contributed by atoms with Crippen molar-refractivity contribution >= 4 is 5.97 Å². The second kappa shape index (κ2) is 8.97. The number of carbonyl (C=O) groups is 1. The Kier molecular flexibility index (Phi) is 8.46. The first-order valence-corrected chi connectivity index (χ1v) is 6.49. The lowest BCUT2D eigenvalue weighted by Crippen LogP contribution is -2.30. The maximum absolute atomic E-state index is 11.7. The molecule has 1 unspecified atom stereocenters. The quantitative estimate of drug-likeness (QED) is 0.261. The molecule has 106 valence electrons. The molecule has 0 saturated heterocycles. The summed E-state index contributed by atoms with van der Waals surface area (Å²) in [5.41, 5.74) is -0.449. The van der Waals surface area contributed by atoms with E-state index in [1.165, 1.54) is 6.26 Å². The van der Waals surface area contributed by atoms with Crippen LogP contribution in [0.25, 0.3) is 0 Å². The van der Waals surface area contributed by atoms with E-state index in [1.807, 2.05) is 20.8 Å². The van der Waals surface area contributed by atoms with Crippen LogP contribution in [0, 0.1) is 5.41 Å². The monoisotopic (exact) mass is 258 g/mol. The van der Waals surface area contributed by atoms with Gasteiger partial charge in [-0.3, -0.25) is 4.79 Å². The Labute approximate surface area is 110 Å². The first kappa shape index (κ1) is 17.0. The summed E-state index contributed by atoms with van der Waals surface area (Å²) >= 11 is 0. The van der Waals surface area contributed by atoms with Crippen LogP contribution in [0.15, 0.2) is 12.8 Å². The van der Waals surface area contributed by atoms with E-state index in [2.05, 4.69) is 6.58 Å². The summed E-state index contributed by atoms with van der Waals surface area (Å²) in [5.74, 6) is -0.215. The van der Waals surface area contributed by atoms with Crippen LogP contribution in [-0.4, -0.2) is 25.5 Å². The molecule has 1 atom stereocenters. The van der Waals surface area contributed by atoms with Crippen molar-refractivity contribution in [2.24, 2.45) is 5.41 Å². The minimum Gasteiger partial charge on any atom is -0.502 e. The van der Waals surface area contributed by atoms with Crippen LogP contribution >= 0.6 is 0 Å². The van der Waals surface area contributed by atoms with Gasteiger partial charge >= 0.3 is 5.97 Å². The van der Waals surface area contributed by atoms with Gasteiger partial charge < -0.3 is 14.2 Å². The van der Waals surface area contributed by atoms with E-state index in [9.17, 15) is 4.79 Å². The molecule has 0 spiro atoms. The minimum atomic E-state index is -0.497. The molecule has 0 radical (unpaired) electrons. The number of carbonyl (C=O) groups excluding carboxylic acids is 1. The van der Waals surface area contributed by atoms with Crippen molar-refractivity contribution < 1.29 is 19.0 Å². The number of rotatable bonds is 10. The van der Waals surface area contributed by atoms with Gasteiger partial charge in [0, 0.05) is 0 Å². The minimum absolute atomic E-state index is 0.215. The molecule has 0 aromatic heterocycles. The molecule has 0 heterocycles. The van der Waals surface area contributed by atoms with Gasteiger partial charge in [0.15, 0.2) is 6.29 Å². The van der Waals surface area contributed by atoms with Gasteiger partial charge in [0.1, 0.15) is 0 Å². The molecule has 0 rings (SSSR count). The van der Waals surface area contributed by atoms with Crippen LogP contribution in [0.1, 0.15) is 47.0 Å². The fourth-order valence-electron chi connectivity index (χ4n) is 1.11. The zero-order valence-corrected chi connectivity index (χ0v) is 12.0. The average molecular weight is 258 g/mol. The highest BCUT2D eigenvalue weighted by Gasteiger charge is 2.28. The predicted octanol–water partition coefficient (Wildman–Crippen LogP) is 3.27. The van der Waals surface area contributed by atoms with Crippen molar-refractivity contribution in [1.29, 1.82) is 0 Å². The van der Waals surface area contributed by atoms with Gasteiger partial charge in [-0.05, 0) is 40.0 Å². The molecule has 18 heavy (non-hydrogen) atoms.